The summed E-state index contributed by atoms with van der Waals surface area (Å²) in [7, 11) is 1.67. The predicted octanol–water partition coefficient (Wildman–Crippen LogP) is 4.64. The van der Waals surface area contributed by atoms with Crippen LogP contribution < -0.4 is 10.5 Å². The number of anilines is 1. The van der Waals surface area contributed by atoms with Crippen LogP contribution >= 0.6 is 11.8 Å². The molecule has 2 N–H and O–H groups in total. The van der Waals surface area contributed by atoms with Crippen molar-refractivity contribution in [3.05, 3.63) is 60.2 Å². The second-order valence-electron chi connectivity index (χ2n) is 8.48. The zero-order chi connectivity index (χ0) is 23.5. The van der Waals surface area contributed by atoms with Crippen molar-refractivity contribution in [1.29, 1.82) is 0 Å². The van der Waals surface area contributed by atoms with Crippen LogP contribution in [0.1, 0.15) is 43.9 Å². The summed E-state index contributed by atoms with van der Waals surface area (Å²) in [6.45, 7) is 4.39. The minimum atomic E-state index is 0.164. The number of ether oxygens (including phenoxy) is 1. The average Bonchev–Trinajstić information content (AvgIpc) is 3.31. The molecule has 1 unspecified atom stereocenters. The fraction of sp³-hybridized carbons (Fsp3) is 0.360. The van der Waals surface area contributed by atoms with E-state index in [1.54, 1.807) is 18.9 Å². The van der Waals surface area contributed by atoms with Crippen molar-refractivity contribution < 1.29 is 4.74 Å². The van der Waals surface area contributed by atoms with Gasteiger partial charge in [-0.25, -0.2) is 9.97 Å². The Bertz CT molecular complexity index is 1270. The number of aromatic nitrogens is 5. The number of para-hydroxylation sites is 1. The van der Waals surface area contributed by atoms with Crippen molar-refractivity contribution in [2.75, 3.05) is 25.9 Å². The molecule has 5 rings (SSSR count). The molecule has 3 heterocycles. The van der Waals surface area contributed by atoms with Gasteiger partial charge in [-0.2, -0.15) is 0 Å². The SMILES string of the molecule is COc1ccc(-n2c(SCc3nc(N)c4ccccc4n3)nnc2C(C)N2CCCCC2)cc1. The Morgan fingerprint density at radius 2 is 1.76 bits per heavy atom. The molecule has 1 aliphatic heterocycles. The van der Waals surface area contributed by atoms with Crippen molar-refractivity contribution in [3.63, 3.8) is 0 Å². The highest BCUT2D eigenvalue weighted by atomic mass is 32.2. The number of methoxy groups -OCH3 is 1. The van der Waals surface area contributed by atoms with Crippen LogP contribution in [0.2, 0.25) is 0 Å². The highest BCUT2D eigenvalue weighted by Crippen LogP contribution is 2.31. The molecule has 0 radical (unpaired) electrons. The van der Waals surface area contributed by atoms with Gasteiger partial charge in [0.1, 0.15) is 17.4 Å². The summed E-state index contributed by atoms with van der Waals surface area (Å²) >= 11 is 1.57. The molecule has 1 aliphatic rings. The molecule has 2 aromatic carbocycles. The van der Waals surface area contributed by atoms with E-state index in [4.69, 9.17) is 15.5 Å². The molecular formula is C25H29N7OS. The lowest BCUT2D eigenvalue weighted by molar-refractivity contribution is 0.167. The zero-order valence-electron chi connectivity index (χ0n) is 19.5. The predicted molar refractivity (Wildman–Crippen MR) is 135 cm³/mol. The van der Waals surface area contributed by atoms with E-state index in [1.165, 1.54) is 19.3 Å². The summed E-state index contributed by atoms with van der Waals surface area (Å²) in [6.07, 6.45) is 3.75. The molecule has 1 atom stereocenters. The van der Waals surface area contributed by atoms with Gasteiger partial charge in [0.25, 0.3) is 0 Å². The third-order valence-corrected chi connectivity index (χ3v) is 7.24. The maximum atomic E-state index is 6.19. The highest BCUT2D eigenvalue weighted by molar-refractivity contribution is 7.98. The van der Waals surface area contributed by atoms with Crippen LogP contribution in [0.3, 0.4) is 0 Å². The van der Waals surface area contributed by atoms with Gasteiger partial charge in [-0.3, -0.25) is 9.47 Å². The number of piperidine rings is 1. The molecule has 0 spiro atoms. The summed E-state index contributed by atoms with van der Waals surface area (Å²) in [5.74, 6) is 3.47. The third-order valence-electron chi connectivity index (χ3n) is 6.31. The van der Waals surface area contributed by atoms with E-state index in [2.05, 4.69) is 31.6 Å². The normalized spacial score (nSPS) is 15.5. The smallest absolute Gasteiger partial charge is 0.196 e. The van der Waals surface area contributed by atoms with Gasteiger partial charge >= 0.3 is 0 Å². The Kier molecular flexibility index (Phi) is 6.64. The first kappa shape index (κ1) is 22.6. The minimum absolute atomic E-state index is 0.164. The molecule has 4 aromatic rings. The fourth-order valence-electron chi connectivity index (χ4n) is 4.43. The molecule has 1 saturated heterocycles. The lowest BCUT2D eigenvalue weighted by Gasteiger charge is -2.31. The van der Waals surface area contributed by atoms with Gasteiger partial charge in [-0.05, 0) is 69.3 Å². The summed E-state index contributed by atoms with van der Waals surface area (Å²) in [6, 6.07) is 16.0. The highest BCUT2D eigenvalue weighted by Gasteiger charge is 2.25. The second kappa shape index (κ2) is 9.99. The van der Waals surface area contributed by atoms with Crippen molar-refractivity contribution in [1.82, 2.24) is 29.6 Å². The summed E-state index contributed by atoms with van der Waals surface area (Å²) in [4.78, 5) is 11.7. The monoisotopic (exact) mass is 475 g/mol. The quantitative estimate of drug-likeness (QED) is 0.386. The number of nitrogens with zero attached hydrogens (tertiary/aromatic N) is 6. The van der Waals surface area contributed by atoms with Gasteiger partial charge in [0.05, 0.1) is 24.4 Å². The van der Waals surface area contributed by atoms with E-state index in [9.17, 15) is 0 Å². The lowest BCUT2D eigenvalue weighted by Crippen LogP contribution is -2.33. The largest absolute Gasteiger partial charge is 0.497 e. The minimum Gasteiger partial charge on any atom is -0.497 e. The number of nitrogen functional groups attached to an aromatic ring is 1. The van der Waals surface area contributed by atoms with Crippen LogP contribution in [0.25, 0.3) is 16.6 Å². The van der Waals surface area contributed by atoms with E-state index in [-0.39, 0.29) is 6.04 Å². The van der Waals surface area contributed by atoms with Crippen LogP contribution in [0, 0.1) is 0 Å². The van der Waals surface area contributed by atoms with E-state index in [0.29, 0.717) is 17.4 Å². The molecule has 176 valence electrons. The lowest BCUT2D eigenvalue weighted by atomic mass is 10.1. The molecule has 2 aromatic heterocycles. The maximum absolute atomic E-state index is 6.19. The Labute approximate surface area is 203 Å². The van der Waals surface area contributed by atoms with E-state index in [0.717, 1.165) is 46.4 Å². The molecule has 1 fully saturated rings. The van der Waals surface area contributed by atoms with Crippen molar-refractivity contribution in [2.45, 2.75) is 43.1 Å². The van der Waals surface area contributed by atoms with Gasteiger partial charge < -0.3 is 10.5 Å². The van der Waals surface area contributed by atoms with Crippen molar-refractivity contribution >= 4 is 28.5 Å². The van der Waals surface area contributed by atoms with Crippen LogP contribution in [0.5, 0.6) is 5.75 Å². The summed E-state index contributed by atoms with van der Waals surface area (Å²) in [5, 5.41) is 10.9. The molecule has 0 aliphatic carbocycles. The van der Waals surface area contributed by atoms with Gasteiger partial charge in [0.15, 0.2) is 11.0 Å². The summed E-state index contributed by atoms with van der Waals surface area (Å²) < 4.78 is 7.51. The first-order valence-electron chi connectivity index (χ1n) is 11.6. The van der Waals surface area contributed by atoms with Gasteiger partial charge in [-0.1, -0.05) is 30.3 Å². The third kappa shape index (κ3) is 4.58. The van der Waals surface area contributed by atoms with E-state index < -0.39 is 0 Å². The molecule has 9 heteroatoms. The Balaban J connectivity index is 1.47. The van der Waals surface area contributed by atoms with Gasteiger partial charge in [-0.15, -0.1) is 10.2 Å². The fourth-order valence-corrected chi connectivity index (χ4v) is 5.25. The number of rotatable bonds is 7. The van der Waals surface area contributed by atoms with Crippen LogP contribution in [-0.2, 0) is 5.75 Å². The molecule has 8 nitrogen and oxygen atoms in total. The van der Waals surface area contributed by atoms with Crippen molar-refractivity contribution in [2.24, 2.45) is 0 Å². The van der Waals surface area contributed by atoms with Crippen LogP contribution in [-0.4, -0.2) is 49.8 Å². The molecular weight excluding hydrogens is 446 g/mol. The van der Waals surface area contributed by atoms with E-state index in [1.807, 2.05) is 48.5 Å². The number of benzene rings is 2. The molecule has 0 amide bonds. The maximum Gasteiger partial charge on any atom is 0.196 e. The number of hydrogen-bond donors (Lipinski definition) is 1. The summed E-state index contributed by atoms with van der Waals surface area (Å²) in [5.41, 5.74) is 8.04. The first-order chi connectivity index (χ1) is 16.6. The number of nitrogens with two attached hydrogens (primary N) is 1. The van der Waals surface area contributed by atoms with Crippen LogP contribution in [0.15, 0.2) is 53.7 Å². The second-order valence-corrected chi connectivity index (χ2v) is 9.42. The first-order valence-corrected chi connectivity index (χ1v) is 12.6. The molecule has 0 bridgehead atoms. The topological polar surface area (TPSA) is 95.0 Å². The van der Waals surface area contributed by atoms with E-state index >= 15 is 0 Å². The number of hydrogen-bond acceptors (Lipinski definition) is 8. The zero-order valence-corrected chi connectivity index (χ0v) is 20.3. The standard InChI is InChI=1S/C25H29N7OS/c1-17(31-14-6-3-7-15-31)24-29-30-25(32(24)18-10-12-19(33-2)13-11-18)34-16-22-27-21-9-5-4-8-20(21)23(26)28-22/h4-5,8-13,17H,3,6-7,14-16H2,1-2H3,(H2,26,27,28). The average molecular weight is 476 g/mol. The number of thioether (sulfide) groups is 1. The number of likely N-dealkylation sites (tertiary alicyclic amines) is 1. The Morgan fingerprint density at radius 1 is 1.00 bits per heavy atom. The Hall–Kier alpha value is -3.17. The molecule has 0 saturated carbocycles. The van der Waals surface area contributed by atoms with Gasteiger partial charge in [0, 0.05) is 11.1 Å². The van der Waals surface area contributed by atoms with Crippen molar-refractivity contribution in [3.8, 4) is 11.4 Å². The molecule has 34 heavy (non-hydrogen) atoms. The Morgan fingerprint density at radius 3 is 2.53 bits per heavy atom. The number of fused-ring (bicyclic) bond motifs is 1. The van der Waals surface area contributed by atoms with Crippen LogP contribution in [0.4, 0.5) is 5.82 Å². The van der Waals surface area contributed by atoms with Gasteiger partial charge in [0.2, 0.25) is 0 Å².